The fourth-order valence-electron chi connectivity index (χ4n) is 9.62. The zero-order valence-electron chi connectivity index (χ0n) is 67.8. The van der Waals surface area contributed by atoms with Crippen LogP contribution in [0.4, 0.5) is 0 Å². The molecule has 0 aliphatic carbocycles. The Morgan fingerprint density at radius 1 is 0.208 bits per heavy atom. The Labute approximate surface area is 730 Å². The van der Waals surface area contributed by atoms with E-state index in [0.29, 0.717) is 349 Å². The van der Waals surface area contributed by atoms with Crippen LogP contribution < -0.4 is 23.7 Å². The van der Waals surface area contributed by atoms with E-state index in [1.807, 2.05) is 6.07 Å². The van der Waals surface area contributed by atoms with Gasteiger partial charge in [-0.1, -0.05) is 6.07 Å². The van der Waals surface area contributed by atoms with Crippen LogP contribution >= 0.6 is 69.6 Å². The minimum absolute atomic E-state index is 0.102. The van der Waals surface area contributed by atoms with Gasteiger partial charge in [-0.3, -0.25) is 28.8 Å². The van der Waals surface area contributed by atoms with E-state index in [1.54, 1.807) is 48.5 Å². The van der Waals surface area contributed by atoms with Crippen molar-refractivity contribution in [1.82, 2.24) is 0 Å². The van der Waals surface area contributed by atoms with E-state index < -0.39 is 49.8 Å². The van der Waals surface area contributed by atoms with Gasteiger partial charge in [-0.05, 0) is 137 Å². The minimum atomic E-state index is -0.784. The van der Waals surface area contributed by atoms with Crippen LogP contribution in [-0.2, 0) is 134 Å². The molecule has 6 heterocycles. The Bertz CT molecular complexity index is 3070. The standard InChI is InChI=1S/C17H23ClO7.C16H21ClO5.C13H23ClO7.C13H15ClO5.C11H19ClO6.C9H15ClO5/c18-17(19)14-1-2-15-16(13-14)25-12-10-23-8-6-21-4-3-20-5-7-22-9-11-24-15;17-16(18)14-4-3-13-2-1-5-19-6-7-20-8-9-21-10-11-22-15(13)12-14;14-13(15)12-11-20-8-7-18-4-3-16-1-2-17-5-6-19-9-10-21-12;14-13(15)10-1-2-11-12(9-10)19-8-6-17-4-3-16-5-7-18-11;12-11(13)10-9-17-6-5-15-2-1-14-3-4-16-7-8-18-10;10-9(11)8-7-14-4-3-12-1-2-13-5-6-15-8/h1-2,13H,3-12H2;3-4,12H,1-2,5-11H2;12H,1-11H2;1-2,9H,3-8H2;10H,1-9H2;8H,1-7H2. The number of carbonyl (C=O) groups is 6. The quantitative estimate of drug-likeness (QED) is 0.227. The number of rotatable bonds is 6. The third kappa shape index (κ3) is 57.9. The number of hydrogen-bond acceptors (Lipinski definition) is 35. The molecule has 684 valence electrons. The number of hydrogen-bond donors (Lipinski definition) is 0. The second kappa shape index (κ2) is 75.8. The largest absolute Gasteiger partial charge is 0.491 e. The lowest BCUT2D eigenvalue weighted by Gasteiger charge is -2.15. The molecule has 0 aromatic heterocycles. The van der Waals surface area contributed by atoms with Crippen molar-refractivity contribution < 1.29 is 166 Å². The molecule has 3 aromatic carbocycles. The second-order valence-corrected chi connectivity index (χ2v) is 26.7. The molecule has 3 unspecified atom stereocenters. The van der Waals surface area contributed by atoms with Crippen LogP contribution in [0.1, 0.15) is 43.1 Å². The highest BCUT2D eigenvalue weighted by atomic mass is 35.5. The van der Waals surface area contributed by atoms with Crippen LogP contribution in [0.3, 0.4) is 0 Å². The van der Waals surface area contributed by atoms with Gasteiger partial charge in [-0.25, -0.2) is 0 Å². The SMILES string of the molecule is O=C(Cl)C1COCCOCCOCCO1.O=C(Cl)C1COCCOCCOCCOCCO1.O=C(Cl)C1COCCOCCOCCOCCOCCO1.O=C(Cl)c1ccc2c(c1)OCCOCCOCCO2.O=C(Cl)c1ccc2c(c1)OCCOCCOCCOCCC2.O=C(Cl)c1ccc2c(c1)OCCOCCOCCOCCOCCO2. The highest BCUT2D eigenvalue weighted by Crippen LogP contribution is 2.31. The molecule has 3 saturated heterocycles. The van der Waals surface area contributed by atoms with E-state index in [2.05, 4.69) is 0 Å². The predicted octanol–water partition coefficient (Wildman–Crippen LogP) is 6.86. The van der Waals surface area contributed by atoms with Crippen molar-refractivity contribution in [3.63, 3.8) is 0 Å². The molecule has 6 aliphatic heterocycles. The Balaban J connectivity index is 0.000000305. The number of aryl methyl sites for hydroxylation is 1. The average molecular weight is 1840 g/mol. The van der Waals surface area contributed by atoms with Crippen molar-refractivity contribution in [2.75, 3.05) is 330 Å². The van der Waals surface area contributed by atoms with Gasteiger partial charge < -0.3 is 137 Å². The molecule has 3 atom stereocenters. The zero-order chi connectivity index (χ0) is 86.0. The number of carbonyl (C=O) groups excluding carboxylic acids is 6. The second-order valence-electron chi connectivity index (χ2n) is 24.6. The van der Waals surface area contributed by atoms with E-state index in [0.717, 1.165) is 18.4 Å². The lowest BCUT2D eigenvalue weighted by molar-refractivity contribution is -0.130. The van der Waals surface area contributed by atoms with E-state index in [4.69, 9.17) is 207 Å². The highest BCUT2D eigenvalue weighted by molar-refractivity contribution is 6.68. The summed E-state index contributed by atoms with van der Waals surface area (Å²) in [5, 5.41) is -3.27. The van der Waals surface area contributed by atoms with E-state index in [1.165, 1.54) is 0 Å². The van der Waals surface area contributed by atoms with Gasteiger partial charge in [0.15, 0.2) is 41.3 Å². The Kier molecular flexibility index (Phi) is 68.1. The third-order valence-electron chi connectivity index (χ3n) is 15.6. The van der Waals surface area contributed by atoms with Gasteiger partial charge in [0.25, 0.3) is 31.5 Å². The lowest BCUT2D eigenvalue weighted by Crippen LogP contribution is -2.29. The van der Waals surface area contributed by atoms with Crippen LogP contribution in [-0.4, -0.2) is 380 Å². The van der Waals surface area contributed by atoms with E-state index >= 15 is 0 Å². The summed E-state index contributed by atoms with van der Waals surface area (Å²) < 4.78 is 156. The Hall–Kier alpha value is -4.54. The normalized spacial score (nSPS) is 21.7. The molecule has 0 amide bonds. The average Bonchev–Trinajstić information content (AvgIpc) is 0.866. The summed E-state index contributed by atoms with van der Waals surface area (Å²) in [4.78, 5) is 66.9. The number of fused-ring (bicyclic) bond motifs is 3. The summed E-state index contributed by atoms with van der Waals surface area (Å²) in [7, 11) is 0. The van der Waals surface area contributed by atoms with Crippen LogP contribution in [0.5, 0.6) is 28.7 Å². The van der Waals surface area contributed by atoms with Crippen molar-refractivity contribution in [2.24, 2.45) is 0 Å². The van der Waals surface area contributed by atoms with Crippen molar-refractivity contribution in [3.8, 4) is 28.7 Å². The van der Waals surface area contributed by atoms with Crippen LogP contribution in [0.15, 0.2) is 54.6 Å². The maximum absolute atomic E-state index is 11.3. The van der Waals surface area contributed by atoms with Crippen molar-refractivity contribution in [1.29, 1.82) is 0 Å². The summed E-state index contributed by atoms with van der Waals surface area (Å²) in [6, 6.07) is 14.9. The monoisotopic (exact) mass is 1830 g/mol. The molecule has 35 nitrogen and oxygen atoms in total. The fourth-order valence-corrected chi connectivity index (χ4v) is 10.4. The topological polar surface area (TPSA) is 370 Å². The van der Waals surface area contributed by atoms with Crippen molar-refractivity contribution in [2.45, 2.75) is 31.2 Å². The van der Waals surface area contributed by atoms with Gasteiger partial charge in [-0.15, -0.1) is 0 Å². The third-order valence-corrected chi connectivity index (χ3v) is 17.0. The number of benzene rings is 3. The highest BCUT2D eigenvalue weighted by Gasteiger charge is 2.21. The smallest absolute Gasteiger partial charge is 0.252 e. The van der Waals surface area contributed by atoms with Gasteiger partial charge in [0.05, 0.1) is 291 Å². The van der Waals surface area contributed by atoms with Crippen molar-refractivity contribution in [3.05, 3.63) is 76.9 Å². The molecule has 3 aromatic rings. The summed E-state index contributed by atoms with van der Waals surface area (Å²) in [5.74, 6) is 2.68. The minimum Gasteiger partial charge on any atom is -0.491 e. The molecule has 0 saturated carbocycles. The fraction of sp³-hybridized carbons (Fsp3) is 0.696. The van der Waals surface area contributed by atoms with E-state index in [9.17, 15) is 28.8 Å². The molecule has 6 aliphatic rings. The van der Waals surface area contributed by atoms with Crippen LogP contribution in [0, 0.1) is 0 Å². The first kappa shape index (κ1) is 108. The van der Waals surface area contributed by atoms with Gasteiger partial charge in [0.1, 0.15) is 38.8 Å². The summed E-state index contributed by atoms with van der Waals surface area (Å²) in [6.07, 6.45) is -0.561. The zero-order valence-corrected chi connectivity index (χ0v) is 72.3. The van der Waals surface area contributed by atoms with Gasteiger partial charge in [-0.2, -0.15) is 0 Å². The first-order valence-electron chi connectivity index (χ1n) is 39.4. The predicted molar refractivity (Wildman–Crippen MR) is 435 cm³/mol. The van der Waals surface area contributed by atoms with E-state index in [-0.39, 0.29) is 26.4 Å². The molecule has 3 fully saturated rings. The Morgan fingerprint density at radius 2 is 0.400 bits per heavy atom. The van der Waals surface area contributed by atoms with Gasteiger partial charge in [0, 0.05) is 23.3 Å². The van der Waals surface area contributed by atoms with Crippen molar-refractivity contribution >= 4 is 101 Å². The summed E-state index contributed by atoms with van der Waals surface area (Å²) in [5.41, 5.74) is 2.18. The summed E-state index contributed by atoms with van der Waals surface area (Å²) in [6.45, 7) is 22.1. The van der Waals surface area contributed by atoms with Crippen LogP contribution in [0.25, 0.3) is 0 Å². The molecule has 41 heteroatoms. The molecule has 9 rings (SSSR count). The Morgan fingerprint density at radius 3 is 0.642 bits per heavy atom. The lowest BCUT2D eigenvalue weighted by atomic mass is 10.1. The number of halogens is 6. The maximum atomic E-state index is 11.3. The van der Waals surface area contributed by atoms with Gasteiger partial charge >= 0.3 is 0 Å². The molecular weight excluding hydrogens is 1720 g/mol. The first-order chi connectivity index (χ1) is 58.7. The van der Waals surface area contributed by atoms with Crippen LogP contribution in [0.2, 0.25) is 0 Å². The molecule has 120 heavy (non-hydrogen) atoms. The maximum Gasteiger partial charge on any atom is 0.252 e. The molecular formula is C79H116Cl6O35. The summed E-state index contributed by atoms with van der Waals surface area (Å²) >= 11 is 32.7. The number of ether oxygens (including phenoxy) is 29. The molecule has 0 spiro atoms. The molecule has 0 N–H and O–H groups in total. The first-order valence-corrected chi connectivity index (χ1v) is 41.7. The van der Waals surface area contributed by atoms with Gasteiger partial charge in [0.2, 0.25) is 0 Å². The molecule has 0 bridgehead atoms. The molecule has 0 radical (unpaired) electrons.